The van der Waals surface area contributed by atoms with Crippen LogP contribution in [-0.4, -0.2) is 4.57 Å². The van der Waals surface area contributed by atoms with Gasteiger partial charge in [-0.3, -0.25) is 0 Å². The zero-order valence-electron chi connectivity index (χ0n) is 10.3. The minimum absolute atomic E-state index is 0.154. The summed E-state index contributed by atoms with van der Waals surface area (Å²) in [5.41, 5.74) is 4.16. The third-order valence-electron chi connectivity index (χ3n) is 2.81. The Morgan fingerprint density at radius 1 is 1.00 bits per heavy atom. The molecule has 80 valence electrons. The molecular formula is C14H19N. The molecule has 0 N–H and O–H groups in total. The molecule has 0 saturated heterocycles. The maximum Gasteiger partial charge on any atom is 0.0487 e. The molecule has 1 aromatic heterocycles. The van der Waals surface area contributed by atoms with Gasteiger partial charge in [-0.25, -0.2) is 0 Å². The number of hydrogen-bond donors (Lipinski definition) is 0. The standard InChI is InChI=1S/C14H19N/c1-10-6-7-13-12(8-10)9-11(2)15(13)14(3,4)5/h6-9H,1-5H3. The lowest BCUT2D eigenvalue weighted by Gasteiger charge is -2.24. The van der Waals surface area contributed by atoms with Crippen LogP contribution in [0.15, 0.2) is 24.3 Å². The Hall–Kier alpha value is -1.24. The number of benzene rings is 1. The molecule has 0 unspecified atom stereocenters. The predicted molar refractivity (Wildman–Crippen MR) is 66.4 cm³/mol. The highest BCUT2D eigenvalue weighted by molar-refractivity contribution is 5.82. The first-order chi connectivity index (χ1) is 6.89. The lowest BCUT2D eigenvalue weighted by atomic mass is 10.1. The molecule has 2 aromatic rings. The van der Waals surface area contributed by atoms with Crippen LogP contribution in [0.2, 0.25) is 0 Å². The third kappa shape index (κ3) is 1.67. The summed E-state index contributed by atoms with van der Waals surface area (Å²) in [5, 5.41) is 1.35. The van der Waals surface area contributed by atoms with Crippen molar-refractivity contribution < 1.29 is 0 Å². The van der Waals surface area contributed by atoms with Crippen LogP contribution in [0.1, 0.15) is 32.0 Å². The summed E-state index contributed by atoms with van der Waals surface area (Å²) in [4.78, 5) is 0. The average Bonchev–Trinajstić information content (AvgIpc) is 2.38. The number of aryl methyl sites for hydroxylation is 2. The molecule has 0 aliphatic rings. The van der Waals surface area contributed by atoms with Gasteiger partial charge in [0.2, 0.25) is 0 Å². The summed E-state index contributed by atoms with van der Waals surface area (Å²) in [5.74, 6) is 0. The van der Waals surface area contributed by atoms with E-state index in [1.807, 2.05) is 0 Å². The topological polar surface area (TPSA) is 4.93 Å². The highest BCUT2D eigenvalue weighted by atomic mass is 15.0. The summed E-state index contributed by atoms with van der Waals surface area (Å²) in [6.07, 6.45) is 0. The van der Waals surface area contributed by atoms with E-state index in [2.05, 4.69) is 63.5 Å². The van der Waals surface area contributed by atoms with Crippen molar-refractivity contribution in [2.45, 2.75) is 40.2 Å². The molecule has 2 rings (SSSR count). The van der Waals surface area contributed by atoms with Crippen molar-refractivity contribution in [3.8, 4) is 0 Å². The van der Waals surface area contributed by atoms with E-state index in [0.29, 0.717) is 0 Å². The molecule has 0 aliphatic heterocycles. The van der Waals surface area contributed by atoms with Crippen molar-refractivity contribution in [3.63, 3.8) is 0 Å². The lowest BCUT2D eigenvalue weighted by Crippen LogP contribution is -2.22. The van der Waals surface area contributed by atoms with Gasteiger partial charge in [0, 0.05) is 22.1 Å². The fraction of sp³-hybridized carbons (Fsp3) is 0.429. The third-order valence-corrected chi connectivity index (χ3v) is 2.81. The smallest absolute Gasteiger partial charge is 0.0487 e. The number of nitrogens with zero attached hydrogens (tertiary/aromatic N) is 1. The Labute approximate surface area is 91.7 Å². The lowest BCUT2D eigenvalue weighted by molar-refractivity contribution is 0.403. The zero-order chi connectivity index (χ0) is 11.2. The Bertz CT molecular complexity index is 498. The van der Waals surface area contributed by atoms with Crippen LogP contribution in [0.25, 0.3) is 10.9 Å². The molecule has 1 heterocycles. The van der Waals surface area contributed by atoms with Crippen molar-refractivity contribution in [2.75, 3.05) is 0 Å². The van der Waals surface area contributed by atoms with Gasteiger partial charge in [-0.2, -0.15) is 0 Å². The maximum atomic E-state index is 2.40. The van der Waals surface area contributed by atoms with Crippen LogP contribution in [0.5, 0.6) is 0 Å². The van der Waals surface area contributed by atoms with E-state index in [9.17, 15) is 0 Å². The van der Waals surface area contributed by atoms with Crippen LogP contribution in [0.3, 0.4) is 0 Å². The quantitative estimate of drug-likeness (QED) is 0.607. The van der Waals surface area contributed by atoms with Crippen LogP contribution in [-0.2, 0) is 5.54 Å². The zero-order valence-corrected chi connectivity index (χ0v) is 10.3. The molecule has 0 radical (unpaired) electrons. The van der Waals surface area contributed by atoms with Crippen LogP contribution < -0.4 is 0 Å². The maximum absolute atomic E-state index is 2.40. The van der Waals surface area contributed by atoms with E-state index in [4.69, 9.17) is 0 Å². The predicted octanol–water partition coefficient (Wildman–Crippen LogP) is 4.01. The van der Waals surface area contributed by atoms with E-state index in [-0.39, 0.29) is 5.54 Å². The average molecular weight is 201 g/mol. The van der Waals surface area contributed by atoms with Gasteiger partial charge in [-0.05, 0) is 52.8 Å². The molecule has 1 nitrogen and oxygen atoms in total. The van der Waals surface area contributed by atoms with Gasteiger partial charge >= 0.3 is 0 Å². The molecule has 0 spiro atoms. The van der Waals surface area contributed by atoms with E-state index < -0.39 is 0 Å². The van der Waals surface area contributed by atoms with Crippen molar-refractivity contribution in [1.29, 1.82) is 0 Å². The van der Waals surface area contributed by atoms with E-state index in [1.54, 1.807) is 0 Å². The summed E-state index contributed by atoms with van der Waals surface area (Å²) in [7, 11) is 0. The van der Waals surface area contributed by atoms with E-state index in [1.165, 1.54) is 22.2 Å². The van der Waals surface area contributed by atoms with Crippen LogP contribution in [0, 0.1) is 13.8 Å². The van der Waals surface area contributed by atoms with Gasteiger partial charge in [-0.1, -0.05) is 11.6 Å². The molecule has 0 bridgehead atoms. The first-order valence-electron chi connectivity index (χ1n) is 5.49. The molecule has 1 aromatic carbocycles. The Morgan fingerprint density at radius 3 is 2.27 bits per heavy atom. The Morgan fingerprint density at radius 2 is 1.67 bits per heavy atom. The largest absolute Gasteiger partial charge is 0.340 e. The highest BCUT2D eigenvalue weighted by Gasteiger charge is 2.17. The number of aromatic nitrogens is 1. The van der Waals surface area contributed by atoms with E-state index >= 15 is 0 Å². The Balaban J connectivity index is 2.80. The second-order valence-electron chi connectivity index (χ2n) is 5.35. The van der Waals surface area contributed by atoms with Gasteiger partial charge in [0.25, 0.3) is 0 Å². The first-order valence-corrected chi connectivity index (χ1v) is 5.49. The summed E-state index contributed by atoms with van der Waals surface area (Å²) in [6, 6.07) is 8.94. The number of fused-ring (bicyclic) bond motifs is 1. The van der Waals surface area contributed by atoms with Crippen LogP contribution >= 0.6 is 0 Å². The minimum Gasteiger partial charge on any atom is -0.340 e. The van der Waals surface area contributed by atoms with Crippen molar-refractivity contribution in [2.24, 2.45) is 0 Å². The number of rotatable bonds is 0. The molecule has 0 fully saturated rings. The van der Waals surface area contributed by atoms with E-state index in [0.717, 1.165) is 0 Å². The Kier molecular flexibility index (Phi) is 2.14. The monoisotopic (exact) mass is 201 g/mol. The fourth-order valence-corrected chi connectivity index (χ4v) is 2.36. The van der Waals surface area contributed by atoms with Crippen molar-refractivity contribution in [1.82, 2.24) is 4.57 Å². The first kappa shape index (κ1) is 10.3. The SMILES string of the molecule is Cc1ccc2c(c1)cc(C)n2C(C)(C)C. The molecule has 0 saturated carbocycles. The minimum atomic E-state index is 0.154. The fourth-order valence-electron chi connectivity index (χ4n) is 2.36. The van der Waals surface area contributed by atoms with Crippen LogP contribution in [0.4, 0.5) is 0 Å². The summed E-state index contributed by atoms with van der Waals surface area (Å²) < 4.78 is 2.40. The van der Waals surface area contributed by atoms with Crippen molar-refractivity contribution in [3.05, 3.63) is 35.5 Å². The molecular weight excluding hydrogens is 182 g/mol. The van der Waals surface area contributed by atoms with Crippen molar-refractivity contribution >= 4 is 10.9 Å². The highest BCUT2D eigenvalue weighted by Crippen LogP contribution is 2.27. The molecule has 15 heavy (non-hydrogen) atoms. The normalized spacial score (nSPS) is 12.3. The van der Waals surface area contributed by atoms with Gasteiger partial charge < -0.3 is 4.57 Å². The summed E-state index contributed by atoms with van der Waals surface area (Å²) in [6.45, 7) is 11.1. The second kappa shape index (κ2) is 3.13. The second-order valence-corrected chi connectivity index (χ2v) is 5.35. The number of hydrogen-bond acceptors (Lipinski definition) is 0. The van der Waals surface area contributed by atoms with Gasteiger partial charge in [0.1, 0.15) is 0 Å². The van der Waals surface area contributed by atoms with Gasteiger partial charge in [0.05, 0.1) is 0 Å². The molecule has 0 amide bonds. The molecule has 1 heteroatoms. The summed E-state index contributed by atoms with van der Waals surface area (Å²) >= 11 is 0. The molecule has 0 atom stereocenters. The van der Waals surface area contributed by atoms with Gasteiger partial charge in [-0.15, -0.1) is 0 Å². The van der Waals surface area contributed by atoms with Gasteiger partial charge in [0.15, 0.2) is 0 Å². The molecule has 0 aliphatic carbocycles.